The van der Waals surface area contributed by atoms with Crippen LogP contribution in [0.1, 0.15) is 58.8 Å². The van der Waals surface area contributed by atoms with Crippen molar-refractivity contribution in [3.8, 4) is 0 Å². The van der Waals surface area contributed by atoms with Gasteiger partial charge in [0.25, 0.3) is 0 Å². The van der Waals surface area contributed by atoms with Crippen LogP contribution in [0, 0.1) is 23.7 Å². The Bertz CT molecular complexity index is 671. The first-order valence-electron chi connectivity index (χ1n) is 12.0. The summed E-state index contributed by atoms with van der Waals surface area (Å²) in [5.74, 6) is 0.602. The second-order valence-corrected chi connectivity index (χ2v) is 10.3. The molecule has 33 heavy (non-hydrogen) atoms. The zero-order valence-electron chi connectivity index (χ0n) is 19.9. The first kappa shape index (κ1) is 30.2. The smallest absolute Gasteiger partial charge is 0.395 e. The quantitative estimate of drug-likeness (QED) is 0.480. The normalized spacial score (nSPS) is 25.7. The molecule has 1 aliphatic heterocycles. The minimum Gasteiger partial charge on any atom is -0.412 e. The van der Waals surface area contributed by atoms with Gasteiger partial charge in [-0.2, -0.15) is 13.2 Å². The molecule has 0 aromatic rings. The third kappa shape index (κ3) is 9.36. The van der Waals surface area contributed by atoms with Gasteiger partial charge in [-0.1, -0.05) is 49.2 Å². The molecule has 0 aromatic carbocycles. The summed E-state index contributed by atoms with van der Waals surface area (Å²) in [6.07, 6.45) is 9.77. The van der Waals surface area contributed by atoms with E-state index in [1.807, 2.05) is 6.08 Å². The summed E-state index contributed by atoms with van der Waals surface area (Å²) in [5.41, 5.74) is 0.971. The van der Waals surface area contributed by atoms with Crippen molar-refractivity contribution in [2.75, 3.05) is 26.2 Å². The molecule has 3 atom stereocenters. The zero-order chi connectivity index (χ0) is 22.4. The van der Waals surface area contributed by atoms with Gasteiger partial charge in [-0.05, 0) is 88.4 Å². The van der Waals surface area contributed by atoms with Crippen molar-refractivity contribution in [1.82, 2.24) is 10.2 Å². The van der Waals surface area contributed by atoms with E-state index in [0.717, 1.165) is 62.0 Å². The van der Waals surface area contributed by atoms with Crippen molar-refractivity contribution in [3.63, 3.8) is 0 Å². The fourth-order valence-corrected chi connectivity index (χ4v) is 5.36. The lowest BCUT2D eigenvalue weighted by atomic mass is 9.80. The van der Waals surface area contributed by atoms with E-state index in [4.69, 9.17) is 11.6 Å². The van der Waals surface area contributed by atoms with E-state index in [1.54, 1.807) is 0 Å². The van der Waals surface area contributed by atoms with E-state index in [-0.39, 0.29) is 17.4 Å². The van der Waals surface area contributed by atoms with Crippen molar-refractivity contribution in [3.05, 3.63) is 34.9 Å². The maximum absolute atomic E-state index is 13.0. The number of piperidine rings is 1. The predicted molar refractivity (Wildman–Crippen MR) is 130 cm³/mol. The number of hydrogen-bond donors (Lipinski definition) is 1. The van der Waals surface area contributed by atoms with E-state index >= 15 is 0 Å². The molecule has 4 nitrogen and oxygen atoms in total. The summed E-state index contributed by atoms with van der Waals surface area (Å²) in [4.78, 5) is 2.56. The molecule has 1 fully saturated rings. The number of nitrogens with zero attached hydrogens (tertiary/aromatic N) is 1. The van der Waals surface area contributed by atoms with E-state index in [1.165, 1.54) is 18.9 Å². The van der Waals surface area contributed by atoms with Crippen LogP contribution in [0.2, 0.25) is 0 Å². The van der Waals surface area contributed by atoms with E-state index in [2.05, 4.69) is 36.2 Å². The minimum absolute atomic E-state index is 0. The van der Waals surface area contributed by atoms with Crippen molar-refractivity contribution < 1.29 is 24.1 Å². The molecule has 2 aliphatic carbocycles. The Morgan fingerprint density at radius 1 is 1.15 bits per heavy atom. The highest BCUT2D eigenvalue weighted by Crippen LogP contribution is 2.36. The van der Waals surface area contributed by atoms with Crippen LogP contribution < -0.4 is 5.32 Å². The summed E-state index contributed by atoms with van der Waals surface area (Å²) < 4.78 is 39.1. The fraction of sp³-hybridized carbons (Fsp3) is 0.760. The number of hydrogen-bond acceptors (Lipinski definition) is 2. The maximum Gasteiger partial charge on any atom is 0.395 e. The van der Waals surface area contributed by atoms with Crippen LogP contribution >= 0.6 is 11.6 Å². The van der Waals surface area contributed by atoms with Gasteiger partial charge in [0.1, 0.15) is 0 Å². The van der Waals surface area contributed by atoms with Crippen molar-refractivity contribution in [2.45, 2.75) is 71.0 Å². The first-order chi connectivity index (χ1) is 14.7. The molecule has 192 valence electrons. The van der Waals surface area contributed by atoms with Gasteiger partial charge in [0.05, 0.1) is 5.92 Å². The minimum atomic E-state index is -4.10. The Hall–Kier alpha value is -0.860. The lowest BCUT2D eigenvalue weighted by Crippen LogP contribution is -2.47. The highest BCUT2D eigenvalue weighted by molar-refractivity contribution is 6.31. The topological polar surface area (TPSA) is 78.3 Å². The number of likely N-dealkylation sites (tertiary alicyclic amines) is 1. The molecule has 2 unspecified atom stereocenters. The summed E-state index contributed by atoms with van der Waals surface area (Å²) in [6, 6.07) is 0.371. The van der Waals surface area contributed by atoms with Crippen LogP contribution in [0.4, 0.5) is 13.2 Å². The van der Waals surface area contributed by atoms with E-state index in [0.29, 0.717) is 24.3 Å². The Morgan fingerprint density at radius 2 is 1.85 bits per heavy atom. The Kier molecular flexibility index (Phi) is 12.7. The van der Waals surface area contributed by atoms with Crippen LogP contribution in [0.25, 0.3) is 0 Å². The average molecular weight is 495 g/mol. The number of halogens is 4. The van der Waals surface area contributed by atoms with Crippen LogP contribution in [0.5, 0.6) is 0 Å². The highest BCUT2D eigenvalue weighted by atomic mass is 35.5. The molecule has 3 rings (SSSR count). The van der Waals surface area contributed by atoms with Gasteiger partial charge < -0.3 is 21.2 Å². The summed E-state index contributed by atoms with van der Waals surface area (Å²) in [6.45, 7) is 8.47. The third-order valence-electron chi connectivity index (χ3n) is 7.31. The summed E-state index contributed by atoms with van der Waals surface area (Å²) >= 11 is 6.05. The van der Waals surface area contributed by atoms with Crippen LogP contribution in [0.3, 0.4) is 0 Å². The summed E-state index contributed by atoms with van der Waals surface area (Å²) in [5, 5.41) is 4.51. The van der Waals surface area contributed by atoms with Crippen LogP contribution in [0.15, 0.2) is 34.9 Å². The van der Waals surface area contributed by atoms with Gasteiger partial charge in [0.2, 0.25) is 0 Å². The molecule has 0 radical (unpaired) electrons. The number of alkyl halides is 3. The second-order valence-electron chi connectivity index (χ2n) is 9.91. The van der Waals surface area contributed by atoms with Crippen LogP contribution in [-0.4, -0.2) is 54.2 Å². The number of allylic oxidation sites excluding steroid dienone is 5. The van der Waals surface area contributed by atoms with Gasteiger partial charge in [0, 0.05) is 17.6 Å². The Morgan fingerprint density at radius 3 is 2.42 bits per heavy atom. The first-order valence-corrected chi connectivity index (χ1v) is 12.4. The molecule has 0 spiro atoms. The van der Waals surface area contributed by atoms with Gasteiger partial charge >= 0.3 is 6.18 Å². The number of nitrogens with one attached hydrogen (secondary N) is 1. The average Bonchev–Trinajstić information content (AvgIpc) is 2.74. The molecule has 3 aliphatic rings. The van der Waals surface area contributed by atoms with Crippen molar-refractivity contribution in [2.24, 2.45) is 23.7 Å². The molecular weight excluding hydrogens is 453 g/mol. The molecular formula is C25H42ClF3N2O2. The van der Waals surface area contributed by atoms with Gasteiger partial charge in [-0.25, -0.2) is 0 Å². The zero-order valence-corrected chi connectivity index (χ0v) is 20.7. The fourth-order valence-electron chi connectivity index (χ4n) is 5.20. The lowest BCUT2D eigenvalue weighted by molar-refractivity contribution is -0.164. The number of rotatable bonds is 8. The van der Waals surface area contributed by atoms with Gasteiger partial charge in [-0.15, -0.1) is 0 Å². The van der Waals surface area contributed by atoms with Gasteiger partial charge in [-0.3, -0.25) is 0 Å². The standard InChI is InChI=1S/C25H38ClF3N2.2H2O/c1-18(2)24(30-13-10-19-4-3-5-22(16-19)25(27,28)29)17-31-14-11-21(12-15-31)20-6-8-23(26)9-7-20;;/h6,8-9,16,18,20-22,24,30H,3-5,7,10-15,17H2,1-2H3;2*1H2/t20?,22?,24-;;/m0../s1. The maximum atomic E-state index is 13.0. The van der Waals surface area contributed by atoms with Crippen molar-refractivity contribution >= 4 is 11.6 Å². The van der Waals surface area contributed by atoms with E-state index < -0.39 is 12.1 Å². The highest BCUT2D eigenvalue weighted by Gasteiger charge is 2.38. The SMILES string of the molecule is CC(C)[C@H](CN1CCC(C2C=CC(Cl)=CC2)CC1)NCCC1=CC(C(F)(F)F)CCC1.O.O. The molecule has 0 amide bonds. The van der Waals surface area contributed by atoms with Crippen molar-refractivity contribution in [1.29, 1.82) is 0 Å². The van der Waals surface area contributed by atoms with Crippen LogP contribution in [-0.2, 0) is 0 Å². The molecule has 1 heterocycles. The molecule has 1 saturated heterocycles. The predicted octanol–water partition coefficient (Wildman–Crippen LogP) is 5.04. The third-order valence-corrected chi connectivity index (χ3v) is 7.59. The second kappa shape index (κ2) is 13.9. The lowest BCUT2D eigenvalue weighted by Gasteiger charge is -2.38. The molecule has 0 aromatic heterocycles. The Labute approximate surface area is 201 Å². The summed E-state index contributed by atoms with van der Waals surface area (Å²) in [7, 11) is 0. The van der Waals surface area contributed by atoms with E-state index in [9.17, 15) is 13.2 Å². The molecule has 0 saturated carbocycles. The largest absolute Gasteiger partial charge is 0.412 e. The monoisotopic (exact) mass is 494 g/mol. The molecule has 5 N–H and O–H groups in total. The molecule has 8 heteroatoms. The Balaban J connectivity index is 0.00000272. The van der Waals surface area contributed by atoms with Gasteiger partial charge in [0.15, 0.2) is 0 Å². The molecule has 0 bridgehead atoms.